The summed E-state index contributed by atoms with van der Waals surface area (Å²) in [5.41, 5.74) is 4.82. The van der Waals surface area contributed by atoms with Crippen LogP contribution in [0.2, 0.25) is 0 Å². The first-order valence-electron chi connectivity index (χ1n) is 4.91. The van der Waals surface area contributed by atoms with E-state index >= 15 is 0 Å². The molecule has 0 saturated carbocycles. The van der Waals surface area contributed by atoms with E-state index in [0.717, 1.165) is 0 Å². The molecule has 0 bridgehead atoms. The van der Waals surface area contributed by atoms with Crippen LogP contribution in [0.3, 0.4) is 0 Å². The maximum absolute atomic E-state index is 11.5. The van der Waals surface area contributed by atoms with Gasteiger partial charge in [-0.25, -0.2) is 4.79 Å². The summed E-state index contributed by atoms with van der Waals surface area (Å²) >= 11 is 0. The van der Waals surface area contributed by atoms with Crippen molar-refractivity contribution in [1.82, 2.24) is 9.55 Å². The summed E-state index contributed by atoms with van der Waals surface area (Å²) in [5, 5.41) is 18.4. The topological polar surface area (TPSA) is 111 Å². The predicted octanol–water partition coefficient (Wildman–Crippen LogP) is -1.53. The Kier molecular flexibility index (Phi) is 2.90. The van der Waals surface area contributed by atoms with Crippen LogP contribution in [0, 0.1) is 0 Å². The summed E-state index contributed by atoms with van der Waals surface area (Å²) in [6.45, 7) is -0.283. The van der Waals surface area contributed by atoms with E-state index in [9.17, 15) is 9.90 Å². The van der Waals surface area contributed by atoms with Crippen molar-refractivity contribution in [2.24, 2.45) is 0 Å². The van der Waals surface area contributed by atoms with E-state index in [-0.39, 0.29) is 18.8 Å². The van der Waals surface area contributed by atoms with Crippen LogP contribution in [0.15, 0.2) is 17.1 Å². The van der Waals surface area contributed by atoms with E-state index in [2.05, 4.69) is 4.98 Å². The van der Waals surface area contributed by atoms with Crippen LogP contribution in [0.1, 0.15) is 12.6 Å². The standard InChI is InChI=1S/C9H13N3O4/c10-7-1-2-12(9(15)11-7)8-3-5(14)6(4-13)16-8/h1-2,5-6,8,13-14H,3-4H2,(H2,10,11,15)/t5-,6?,8-/m1/s1. The minimum Gasteiger partial charge on any atom is -0.394 e. The van der Waals surface area contributed by atoms with Crippen molar-refractivity contribution in [1.29, 1.82) is 0 Å². The molecule has 1 aromatic heterocycles. The van der Waals surface area contributed by atoms with Gasteiger partial charge in [-0.3, -0.25) is 4.57 Å². The van der Waals surface area contributed by atoms with Crippen LogP contribution in [0.5, 0.6) is 0 Å². The van der Waals surface area contributed by atoms with Gasteiger partial charge in [0.2, 0.25) is 0 Å². The molecule has 1 aromatic rings. The molecular formula is C9H13N3O4. The van der Waals surface area contributed by atoms with Gasteiger partial charge in [0.1, 0.15) is 18.1 Å². The highest BCUT2D eigenvalue weighted by molar-refractivity contribution is 5.23. The second-order valence-corrected chi connectivity index (χ2v) is 3.66. The van der Waals surface area contributed by atoms with Crippen molar-refractivity contribution in [3.63, 3.8) is 0 Å². The molecule has 2 heterocycles. The van der Waals surface area contributed by atoms with Crippen LogP contribution in [0.25, 0.3) is 0 Å². The second kappa shape index (κ2) is 4.20. The monoisotopic (exact) mass is 227 g/mol. The molecule has 3 atom stereocenters. The van der Waals surface area contributed by atoms with Gasteiger partial charge in [0.15, 0.2) is 0 Å². The van der Waals surface area contributed by atoms with Gasteiger partial charge in [0.25, 0.3) is 0 Å². The molecule has 0 aromatic carbocycles. The first-order valence-corrected chi connectivity index (χ1v) is 4.91. The number of rotatable bonds is 2. The fraction of sp³-hybridized carbons (Fsp3) is 0.556. The second-order valence-electron chi connectivity index (χ2n) is 3.66. The summed E-state index contributed by atoms with van der Waals surface area (Å²) in [5.74, 6) is 0.138. The van der Waals surface area contributed by atoms with E-state index in [1.807, 2.05) is 0 Å². The Morgan fingerprint density at radius 3 is 3.00 bits per heavy atom. The Bertz CT molecular complexity index is 433. The van der Waals surface area contributed by atoms with Gasteiger partial charge in [-0.05, 0) is 6.07 Å². The molecule has 1 aliphatic heterocycles. The van der Waals surface area contributed by atoms with E-state index in [4.69, 9.17) is 15.6 Å². The third-order valence-electron chi connectivity index (χ3n) is 2.55. The lowest BCUT2D eigenvalue weighted by atomic mass is 10.2. The largest absolute Gasteiger partial charge is 0.394 e. The molecule has 1 aliphatic rings. The van der Waals surface area contributed by atoms with Crippen molar-refractivity contribution in [2.75, 3.05) is 12.3 Å². The molecule has 0 spiro atoms. The summed E-state index contributed by atoms with van der Waals surface area (Å²) in [6, 6.07) is 1.48. The van der Waals surface area contributed by atoms with Crippen LogP contribution in [-0.2, 0) is 4.74 Å². The molecule has 0 radical (unpaired) electrons. The molecule has 7 nitrogen and oxygen atoms in total. The van der Waals surface area contributed by atoms with E-state index < -0.39 is 24.1 Å². The van der Waals surface area contributed by atoms with Crippen molar-refractivity contribution < 1.29 is 14.9 Å². The summed E-state index contributed by atoms with van der Waals surface area (Å²) < 4.78 is 6.56. The Morgan fingerprint density at radius 1 is 1.69 bits per heavy atom. The number of nitrogens with two attached hydrogens (primary N) is 1. The smallest absolute Gasteiger partial charge is 0.351 e. The molecule has 4 N–H and O–H groups in total. The van der Waals surface area contributed by atoms with Gasteiger partial charge < -0.3 is 20.7 Å². The zero-order valence-electron chi connectivity index (χ0n) is 8.48. The number of hydrogen-bond acceptors (Lipinski definition) is 6. The van der Waals surface area contributed by atoms with E-state index in [1.165, 1.54) is 16.8 Å². The van der Waals surface area contributed by atoms with Gasteiger partial charge in [0.05, 0.1) is 12.7 Å². The third-order valence-corrected chi connectivity index (χ3v) is 2.55. The zero-order chi connectivity index (χ0) is 11.7. The molecule has 0 amide bonds. The maximum atomic E-state index is 11.5. The van der Waals surface area contributed by atoms with Crippen molar-refractivity contribution >= 4 is 5.82 Å². The van der Waals surface area contributed by atoms with Gasteiger partial charge in [-0.1, -0.05) is 0 Å². The lowest BCUT2D eigenvalue weighted by molar-refractivity contribution is -0.0458. The van der Waals surface area contributed by atoms with Crippen LogP contribution in [-0.4, -0.2) is 38.6 Å². The molecule has 1 saturated heterocycles. The number of aliphatic hydroxyl groups is 2. The first-order chi connectivity index (χ1) is 7.61. The van der Waals surface area contributed by atoms with Crippen molar-refractivity contribution in [3.8, 4) is 0 Å². The minimum absolute atomic E-state index is 0.138. The van der Waals surface area contributed by atoms with Crippen molar-refractivity contribution in [3.05, 3.63) is 22.7 Å². The average molecular weight is 227 g/mol. The number of hydrogen-bond donors (Lipinski definition) is 3. The van der Waals surface area contributed by atoms with Gasteiger partial charge >= 0.3 is 5.69 Å². The van der Waals surface area contributed by atoms with Gasteiger partial charge in [-0.2, -0.15) is 4.98 Å². The summed E-state index contributed by atoms with van der Waals surface area (Å²) in [6.07, 6.45) is -0.333. The highest BCUT2D eigenvalue weighted by Crippen LogP contribution is 2.27. The molecule has 88 valence electrons. The van der Waals surface area contributed by atoms with Crippen LogP contribution >= 0.6 is 0 Å². The Morgan fingerprint density at radius 2 is 2.44 bits per heavy atom. The first kappa shape index (κ1) is 11.1. The number of aromatic nitrogens is 2. The Hall–Kier alpha value is -1.44. The molecule has 0 aliphatic carbocycles. The minimum atomic E-state index is -0.778. The highest BCUT2D eigenvalue weighted by Gasteiger charge is 2.34. The predicted molar refractivity (Wildman–Crippen MR) is 54.5 cm³/mol. The maximum Gasteiger partial charge on any atom is 0.351 e. The lowest BCUT2D eigenvalue weighted by Crippen LogP contribution is -2.27. The zero-order valence-corrected chi connectivity index (χ0v) is 8.48. The van der Waals surface area contributed by atoms with Gasteiger partial charge in [0, 0.05) is 12.6 Å². The number of nitrogen functional groups attached to an aromatic ring is 1. The highest BCUT2D eigenvalue weighted by atomic mass is 16.5. The molecule has 2 rings (SSSR count). The molecule has 7 heteroatoms. The number of aliphatic hydroxyl groups excluding tert-OH is 2. The molecule has 16 heavy (non-hydrogen) atoms. The van der Waals surface area contributed by atoms with Gasteiger partial charge in [-0.15, -0.1) is 0 Å². The third kappa shape index (κ3) is 1.92. The van der Waals surface area contributed by atoms with Crippen molar-refractivity contribution in [2.45, 2.75) is 24.9 Å². The van der Waals surface area contributed by atoms with Crippen LogP contribution in [0.4, 0.5) is 5.82 Å². The molecule has 1 fully saturated rings. The fourth-order valence-electron chi connectivity index (χ4n) is 1.70. The number of ether oxygens (including phenoxy) is 1. The fourth-order valence-corrected chi connectivity index (χ4v) is 1.70. The molecule has 1 unspecified atom stereocenters. The summed E-state index contributed by atoms with van der Waals surface area (Å²) in [4.78, 5) is 15.0. The Balaban J connectivity index is 2.23. The lowest BCUT2D eigenvalue weighted by Gasteiger charge is -2.13. The number of nitrogens with zero attached hydrogens (tertiary/aromatic N) is 2. The SMILES string of the molecule is Nc1ccn([C@H]2C[C@@H](O)C(CO)O2)c(=O)n1. The van der Waals surface area contributed by atoms with Crippen LogP contribution < -0.4 is 11.4 Å². The quantitative estimate of drug-likeness (QED) is 0.565. The van der Waals surface area contributed by atoms with E-state index in [0.29, 0.717) is 0 Å². The Labute approximate surface area is 91.1 Å². The molecular weight excluding hydrogens is 214 g/mol. The average Bonchev–Trinajstić information content (AvgIpc) is 2.59. The normalized spacial score (nSPS) is 29.5. The summed E-state index contributed by atoms with van der Waals surface area (Å²) in [7, 11) is 0. The number of anilines is 1. The van der Waals surface area contributed by atoms with E-state index in [1.54, 1.807) is 0 Å².